The summed E-state index contributed by atoms with van der Waals surface area (Å²) in [6.45, 7) is 1.56. The van der Waals surface area contributed by atoms with Crippen molar-refractivity contribution in [3.05, 3.63) is 29.6 Å². The highest BCUT2D eigenvalue weighted by Gasteiger charge is 2.37. The van der Waals surface area contributed by atoms with Crippen molar-refractivity contribution in [2.75, 3.05) is 26.9 Å². The van der Waals surface area contributed by atoms with Crippen molar-refractivity contribution in [2.24, 2.45) is 0 Å². The molecule has 1 amide bonds. The van der Waals surface area contributed by atoms with Crippen molar-refractivity contribution in [3.8, 4) is 5.75 Å². The average molecular weight is 294 g/mol. The number of rotatable bonds is 3. The van der Waals surface area contributed by atoms with Gasteiger partial charge in [-0.25, -0.2) is 4.39 Å². The summed E-state index contributed by atoms with van der Waals surface area (Å²) >= 11 is 0. The van der Waals surface area contributed by atoms with Crippen molar-refractivity contribution in [2.45, 2.75) is 25.0 Å². The van der Waals surface area contributed by atoms with Gasteiger partial charge in [-0.3, -0.25) is 10.1 Å². The lowest BCUT2D eigenvalue weighted by Gasteiger charge is -2.35. The van der Waals surface area contributed by atoms with Gasteiger partial charge >= 0.3 is 0 Å². The Labute approximate surface area is 123 Å². The molecule has 21 heavy (non-hydrogen) atoms. The molecule has 0 saturated carbocycles. The maximum absolute atomic E-state index is 13.9. The summed E-state index contributed by atoms with van der Waals surface area (Å²) in [5.74, 6) is -0.182. The van der Waals surface area contributed by atoms with Gasteiger partial charge in [0.2, 0.25) is 5.91 Å². The first-order chi connectivity index (χ1) is 10.2. The molecule has 5 nitrogen and oxygen atoms in total. The number of halogens is 1. The number of hydrogen-bond acceptors (Lipinski definition) is 4. The molecule has 2 unspecified atom stereocenters. The van der Waals surface area contributed by atoms with Crippen LogP contribution in [-0.4, -0.2) is 43.7 Å². The minimum Gasteiger partial charge on any atom is -0.494 e. The van der Waals surface area contributed by atoms with Crippen LogP contribution in [0.5, 0.6) is 5.75 Å². The van der Waals surface area contributed by atoms with Crippen LogP contribution in [0.3, 0.4) is 0 Å². The second-order valence-electron chi connectivity index (χ2n) is 5.35. The molecule has 2 aliphatic rings. The average Bonchev–Trinajstić information content (AvgIpc) is 2.90. The Bertz CT molecular complexity index is 532. The van der Waals surface area contributed by atoms with Gasteiger partial charge in [0.1, 0.15) is 6.17 Å². The third-order valence-electron chi connectivity index (χ3n) is 4.03. The molecular weight excluding hydrogens is 275 g/mol. The molecule has 3 rings (SSSR count). The highest BCUT2D eigenvalue weighted by atomic mass is 19.1. The van der Waals surface area contributed by atoms with Gasteiger partial charge in [-0.05, 0) is 30.5 Å². The number of amides is 1. The Hall–Kier alpha value is -1.66. The van der Waals surface area contributed by atoms with Crippen LogP contribution >= 0.6 is 0 Å². The standard InChI is InChI=1S/C15H19FN2O3/c1-20-13-5-4-10(7-12(13)16)15-17-8-14(19)18(15)11-3-2-6-21-9-11/h4-5,7,11,15,17H,2-3,6,8-9H2,1H3. The molecule has 114 valence electrons. The zero-order chi connectivity index (χ0) is 14.8. The second kappa shape index (κ2) is 5.99. The van der Waals surface area contributed by atoms with Crippen LogP contribution in [0.15, 0.2) is 18.2 Å². The van der Waals surface area contributed by atoms with Crippen LogP contribution in [0.25, 0.3) is 0 Å². The predicted octanol–water partition coefficient (Wildman–Crippen LogP) is 1.44. The first-order valence-electron chi connectivity index (χ1n) is 7.16. The molecule has 1 aromatic carbocycles. The lowest BCUT2D eigenvalue weighted by Crippen LogP contribution is -2.44. The lowest BCUT2D eigenvalue weighted by atomic mass is 10.1. The molecule has 1 N–H and O–H groups in total. The van der Waals surface area contributed by atoms with Gasteiger partial charge in [0.25, 0.3) is 0 Å². The van der Waals surface area contributed by atoms with E-state index in [0.717, 1.165) is 25.0 Å². The Morgan fingerprint density at radius 1 is 1.48 bits per heavy atom. The topological polar surface area (TPSA) is 50.8 Å². The van der Waals surface area contributed by atoms with Gasteiger partial charge in [0.15, 0.2) is 11.6 Å². The molecule has 0 bridgehead atoms. The minimum absolute atomic E-state index is 0.0340. The fourth-order valence-corrected chi connectivity index (χ4v) is 3.01. The number of hydrogen-bond donors (Lipinski definition) is 1. The fourth-order valence-electron chi connectivity index (χ4n) is 3.01. The molecule has 1 aromatic rings. The van der Waals surface area contributed by atoms with E-state index in [-0.39, 0.29) is 30.4 Å². The normalized spacial score (nSPS) is 26.2. The van der Waals surface area contributed by atoms with Crippen LogP contribution in [0.2, 0.25) is 0 Å². The first-order valence-corrected chi connectivity index (χ1v) is 7.16. The van der Waals surface area contributed by atoms with E-state index in [9.17, 15) is 9.18 Å². The predicted molar refractivity (Wildman–Crippen MR) is 74.4 cm³/mol. The summed E-state index contributed by atoms with van der Waals surface area (Å²) in [6.07, 6.45) is 1.56. The molecule has 2 heterocycles. The van der Waals surface area contributed by atoms with Gasteiger partial charge < -0.3 is 14.4 Å². The fraction of sp³-hybridized carbons (Fsp3) is 0.533. The van der Waals surface area contributed by atoms with Crippen molar-refractivity contribution >= 4 is 5.91 Å². The highest BCUT2D eigenvalue weighted by molar-refractivity contribution is 5.81. The van der Waals surface area contributed by atoms with Gasteiger partial charge in [-0.1, -0.05) is 6.07 Å². The molecule has 2 aliphatic heterocycles. The van der Waals surface area contributed by atoms with E-state index in [0.29, 0.717) is 6.61 Å². The smallest absolute Gasteiger partial charge is 0.238 e. The van der Waals surface area contributed by atoms with Crippen molar-refractivity contribution in [1.82, 2.24) is 10.2 Å². The van der Waals surface area contributed by atoms with E-state index < -0.39 is 5.82 Å². The molecule has 2 atom stereocenters. The summed E-state index contributed by atoms with van der Waals surface area (Å²) in [5, 5.41) is 3.15. The maximum atomic E-state index is 13.9. The number of carbonyl (C=O) groups is 1. The van der Waals surface area contributed by atoms with Crippen molar-refractivity contribution in [3.63, 3.8) is 0 Å². The summed E-state index contributed by atoms with van der Waals surface area (Å²) < 4.78 is 24.3. The Morgan fingerprint density at radius 3 is 3.00 bits per heavy atom. The molecule has 0 radical (unpaired) electrons. The second-order valence-corrected chi connectivity index (χ2v) is 5.35. The zero-order valence-electron chi connectivity index (χ0n) is 12.0. The van der Waals surface area contributed by atoms with E-state index in [1.54, 1.807) is 17.0 Å². The van der Waals surface area contributed by atoms with Gasteiger partial charge in [-0.15, -0.1) is 0 Å². The Kier molecular flexibility index (Phi) is 4.07. The first kappa shape index (κ1) is 14.3. The molecule has 0 spiro atoms. The van der Waals surface area contributed by atoms with Gasteiger partial charge in [-0.2, -0.15) is 0 Å². The number of nitrogens with zero attached hydrogens (tertiary/aromatic N) is 1. The van der Waals surface area contributed by atoms with Crippen LogP contribution in [0, 0.1) is 5.82 Å². The molecule has 2 fully saturated rings. The summed E-state index contributed by atoms with van der Waals surface area (Å²) in [5.41, 5.74) is 0.727. The number of ether oxygens (including phenoxy) is 2. The SMILES string of the molecule is COc1ccc(C2NCC(=O)N2C2CCCOC2)cc1F. The van der Waals surface area contributed by atoms with Crippen molar-refractivity contribution < 1.29 is 18.7 Å². The Balaban J connectivity index is 1.85. The van der Waals surface area contributed by atoms with Gasteiger partial charge in [0.05, 0.1) is 26.3 Å². The largest absolute Gasteiger partial charge is 0.494 e. The lowest BCUT2D eigenvalue weighted by molar-refractivity contribution is -0.133. The quantitative estimate of drug-likeness (QED) is 0.916. The zero-order valence-corrected chi connectivity index (χ0v) is 12.0. The molecule has 0 aliphatic carbocycles. The number of methoxy groups -OCH3 is 1. The summed E-state index contributed by atoms with van der Waals surface area (Å²) in [7, 11) is 1.43. The van der Waals surface area contributed by atoms with E-state index >= 15 is 0 Å². The van der Waals surface area contributed by atoms with Crippen LogP contribution in [0.1, 0.15) is 24.6 Å². The maximum Gasteiger partial charge on any atom is 0.238 e. The molecular formula is C15H19FN2O3. The van der Waals surface area contributed by atoms with Gasteiger partial charge in [0, 0.05) is 6.61 Å². The number of benzene rings is 1. The monoisotopic (exact) mass is 294 g/mol. The summed E-state index contributed by atoms with van der Waals surface area (Å²) in [6, 6.07) is 4.85. The third kappa shape index (κ3) is 2.73. The number of carbonyl (C=O) groups excluding carboxylic acids is 1. The third-order valence-corrected chi connectivity index (χ3v) is 4.03. The molecule has 2 saturated heterocycles. The van der Waals surface area contributed by atoms with Crippen LogP contribution in [0.4, 0.5) is 4.39 Å². The van der Waals surface area contributed by atoms with E-state index in [1.165, 1.54) is 13.2 Å². The summed E-state index contributed by atoms with van der Waals surface area (Å²) in [4.78, 5) is 13.9. The Morgan fingerprint density at radius 2 is 2.33 bits per heavy atom. The molecule has 6 heteroatoms. The number of nitrogens with one attached hydrogen (secondary N) is 1. The highest BCUT2D eigenvalue weighted by Crippen LogP contribution is 2.30. The minimum atomic E-state index is -0.420. The van der Waals surface area contributed by atoms with E-state index in [2.05, 4.69) is 5.32 Å². The van der Waals surface area contributed by atoms with E-state index in [4.69, 9.17) is 9.47 Å². The van der Waals surface area contributed by atoms with Crippen LogP contribution in [-0.2, 0) is 9.53 Å². The van der Waals surface area contributed by atoms with E-state index in [1.807, 2.05) is 0 Å². The van der Waals surface area contributed by atoms with Crippen molar-refractivity contribution in [1.29, 1.82) is 0 Å². The molecule has 0 aromatic heterocycles. The van der Waals surface area contributed by atoms with Crippen LogP contribution < -0.4 is 10.1 Å².